The van der Waals surface area contributed by atoms with Crippen LogP contribution in [0.5, 0.6) is 0 Å². The number of carbonyl (C=O) groups is 1. The third kappa shape index (κ3) is 1.93. The van der Waals surface area contributed by atoms with Gasteiger partial charge < -0.3 is 4.98 Å². The number of H-pyrrole nitrogens is 1. The Morgan fingerprint density at radius 3 is 2.56 bits per heavy atom. The van der Waals surface area contributed by atoms with Crippen LogP contribution in [0, 0.1) is 32.1 Å². The summed E-state index contributed by atoms with van der Waals surface area (Å²) in [4.78, 5) is 15.4. The third-order valence-corrected chi connectivity index (χ3v) is 3.06. The summed E-state index contributed by atoms with van der Waals surface area (Å²) in [5.74, 6) is -0.0357. The molecule has 0 unspecified atom stereocenters. The van der Waals surface area contributed by atoms with E-state index < -0.39 is 0 Å². The van der Waals surface area contributed by atoms with Crippen LogP contribution in [0.1, 0.15) is 38.4 Å². The number of hydrogen-bond acceptors (Lipinski definition) is 2. The van der Waals surface area contributed by atoms with Gasteiger partial charge in [-0.2, -0.15) is 5.26 Å². The molecule has 90 valence electrons. The molecule has 2 aromatic rings. The van der Waals surface area contributed by atoms with E-state index in [0.717, 1.165) is 16.8 Å². The number of ketones is 1. The molecule has 0 saturated heterocycles. The number of nitrogens with zero attached hydrogens (tertiary/aromatic N) is 1. The van der Waals surface area contributed by atoms with Crippen molar-refractivity contribution in [2.75, 3.05) is 0 Å². The summed E-state index contributed by atoms with van der Waals surface area (Å²) >= 11 is 0. The van der Waals surface area contributed by atoms with Crippen molar-refractivity contribution in [1.29, 1.82) is 5.26 Å². The zero-order valence-electron chi connectivity index (χ0n) is 10.7. The van der Waals surface area contributed by atoms with Gasteiger partial charge in [0.2, 0.25) is 0 Å². The van der Waals surface area contributed by atoms with Gasteiger partial charge in [0.15, 0.2) is 5.78 Å². The fourth-order valence-corrected chi connectivity index (χ4v) is 2.13. The molecule has 0 atom stereocenters. The van der Waals surface area contributed by atoms with Gasteiger partial charge in [-0.15, -0.1) is 0 Å². The number of hydrogen-bond donors (Lipinski definition) is 1. The second-order valence-corrected chi connectivity index (χ2v) is 4.44. The third-order valence-electron chi connectivity index (χ3n) is 3.06. The molecule has 0 amide bonds. The maximum absolute atomic E-state index is 12.4. The summed E-state index contributed by atoms with van der Waals surface area (Å²) in [6, 6.07) is 9.55. The molecule has 0 aliphatic heterocycles. The maximum Gasteiger partial charge on any atom is 0.195 e. The zero-order valence-corrected chi connectivity index (χ0v) is 10.7. The van der Waals surface area contributed by atoms with Crippen LogP contribution < -0.4 is 0 Å². The van der Waals surface area contributed by atoms with Crippen molar-refractivity contribution in [3.8, 4) is 6.07 Å². The molecule has 2 rings (SSSR count). The molecule has 1 heterocycles. The standard InChI is InChI=1S/C15H14N2O/c1-9-5-4-6-12(7-9)15(18)14-10(2)13(8-16)17-11(14)3/h4-7,17H,1-3H3. The molecule has 0 aliphatic carbocycles. The lowest BCUT2D eigenvalue weighted by atomic mass is 9.98. The van der Waals surface area contributed by atoms with Gasteiger partial charge in [0.25, 0.3) is 0 Å². The summed E-state index contributed by atoms with van der Waals surface area (Å²) in [7, 11) is 0. The number of aryl methyl sites for hydroxylation is 2. The van der Waals surface area contributed by atoms with E-state index in [0.29, 0.717) is 16.8 Å². The van der Waals surface area contributed by atoms with Crippen molar-refractivity contribution in [2.24, 2.45) is 0 Å². The van der Waals surface area contributed by atoms with Crippen LogP contribution in [0.3, 0.4) is 0 Å². The highest BCUT2D eigenvalue weighted by molar-refractivity contribution is 6.11. The molecular formula is C15H14N2O. The molecule has 0 saturated carbocycles. The lowest BCUT2D eigenvalue weighted by molar-refractivity contribution is 0.103. The molecule has 0 spiro atoms. The Hall–Kier alpha value is -2.34. The summed E-state index contributed by atoms with van der Waals surface area (Å²) < 4.78 is 0. The largest absolute Gasteiger partial charge is 0.350 e. The molecule has 1 aromatic carbocycles. The highest BCUT2D eigenvalue weighted by Gasteiger charge is 2.19. The predicted octanol–water partition coefficient (Wildman–Crippen LogP) is 3.04. The lowest BCUT2D eigenvalue weighted by Gasteiger charge is -2.03. The fraction of sp³-hybridized carbons (Fsp3) is 0.200. The number of nitriles is 1. The topological polar surface area (TPSA) is 56.6 Å². The van der Waals surface area contributed by atoms with Crippen molar-refractivity contribution >= 4 is 5.78 Å². The van der Waals surface area contributed by atoms with Gasteiger partial charge in [-0.3, -0.25) is 4.79 Å². The first-order chi connectivity index (χ1) is 8.54. The van der Waals surface area contributed by atoms with Crippen LogP contribution in [0.4, 0.5) is 0 Å². The molecule has 1 N–H and O–H groups in total. The Balaban J connectivity index is 2.54. The Kier molecular flexibility index (Phi) is 3.03. The van der Waals surface area contributed by atoms with E-state index in [-0.39, 0.29) is 5.78 Å². The molecule has 3 heteroatoms. The van der Waals surface area contributed by atoms with Gasteiger partial charge in [-0.1, -0.05) is 23.8 Å². The van der Waals surface area contributed by atoms with Crippen molar-refractivity contribution in [1.82, 2.24) is 4.98 Å². The van der Waals surface area contributed by atoms with E-state index in [1.54, 1.807) is 13.0 Å². The highest BCUT2D eigenvalue weighted by Crippen LogP contribution is 2.21. The first-order valence-electron chi connectivity index (χ1n) is 5.75. The SMILES string of the molecule is Cc1cccc(C(=O)c2c(C)[nH]c(C#N)c2C)c1. The normalized spacial score (nSPS) is 10.1. The second-order valence-electron chi connectivity index (χ2n) is 4.44. The lowest BCUT2D eigenvalue weighted by Crippen LogP contribution is -2.04. The molecule has 3 nitrogen and oxygen atoms in total. The summed E-state index contributed by atoms with van der Waals surface area (Å²) in [5.41, 5.74) is 4.25. The number of aromatic amines is 1. The van der Waals surface area contributed by atoms with Crippen LogP contribution in [-0.4, -0.2) is 10.8 Å². The van der Waals surface area contributed by atoms with Gasteiger partial charge in [0.05, 0.1) is 0 Å². The average molecular weight is 238 g/mol. The van der Waals surface area contributed by atoms with Crippen LogP contribution in [-0.2, 0) is 0 Å². The van der Waals surface area contributed by atoms with Gasteiger partial charge in [-0.05, 0) is 32.4 Å². The van der Waals surface area contributed by atoms with Crippen LogP contribution >= 0.6 is 0 Å². The van der Waals surface area contributed by atoms with E-state index in [2.05, 4.69) is 11.1 Å². The summed E-state index contributed by atoms with van der Waals surface area (Å²) in [6.07, 6.45) is 0. The van der Waals surface area contributed by atoms with Crippen molar-refractivity contribution < 1.29 is 4.79 Å². The highest BCUT2D eigenvalue weighted by atomic mass is 16.1. The van der Waals surface area contributed by atoms with Gasteiger partial charge in [-0.25, -0.2) is 0 Å². The minimum atomic E-state index is -0.0357. The summed E-state index contributed by atoms with van der Waals surface area (Å²) in [6.45, 7) is 5.57. The summed E-state index contributed by atoms with van der Waals surface area (Å²) in [5, 5.41) is 8.96. The minimum Gasteiger partial charge on any atom is -0.350 e. The zero-order chi connectivity index (χ0) is 13.3. The predicted molar refractivity (Wildman–Crippen MR) is 69.6 cm³/mol. The number of rotatable bonds is 2. The van der Waals surface area contributed by atoms with Crippen molar-refractivity contribution in [3.05, 3.63) is 57.9 Å². The van der Waals surface area contributed by atoms with E-state index in [4.69, 9.17) is 5.26 Å². The second kappa shape index (κ2) is 4.50. The van der Waals surface area contributed by atoms with Gasteiger partial charge in [0.1, 0.15) is 11.8 Å². The molecule has 18 heavy (non-hydrogen) atoms. The molecule has 0 fully saturated rings. The van der Waals surface area contributed by atoms with Crippen LogP contribution in [0.25, 0.3) is 0 Å². The fourth-order valence-electron chi connectivity index (χ4n) is 2.13. The van der Waals surface area contributed by atoms with Crippen molar-refractivity contribution in [3.63, 3.8) is 0 Å². The minimum absolute atomic E-state index is 0.0357. The number of aromatic nitrogens is 1. The van der Waals surface area contributed by atoms with Gasteiger partial charge >= 0.3 is 0 Å². The Labute approximate surface area is 106 Å². The molecular weight excluding hydrogens is 224 g/mol. The number of carbonyl (C=O) groups excluding carboxylic acids is 1. The first kappa shape index (κ1) is 12.1. The molecule has 0 radical (unpaired) electrons. The van der Waals surface area contributed by atoms with E-state index in [1.807, 2.05) is 32.0 Å². The monoisotopic (exact) mass is 238 g/mol. The molecule has 1 aromatic heterocycles. The molecule has 0 aliphatic rings. The average Bonchev–Trinajstić information content (AvgIpc) is 2.63. The Morgan fingerprint density at radius 1 is 1.28 bits per heavy atom. The quantitative estimate of drug-likeness (QED) is 0.817. The van der Waals surface area contributed by atoms with Crippen LogP contribution in [0.15, 0.2) is 24.3 Å². The Bertz CT molecular complexity index is 660. The number of nitrogens with one attached hydrogen (secondary N) is 1. The van der Waals surface area contributed by atoms with Gasteiger partial charge in [0, 0.05) is 16.8 Å². The van der Waals surface area contributed by atoms with Crippen molar-refractivity contribution in [2.45, 2.75) is 20.8 Å². The van der Waals surface area contributed by atoms with E-state index in [1.165, 1.54) is 0 Å². The Morgan fingerprint density at radius 2 is 2.00 bits per heavy atom. The molecule has 0 bridgehead atoms. The maximum atomic E-state index is 12.4. The van der Waals surface area contributed by atoms with E-state index in [9.17, 15) is 4.79 Å². The smallest absolute Gasteiger partial charge is 0.195 e. The number of benzene rings is 1. The van der Waals surface area contributed by atoms with E-state index >= 15 is 0 Å². The first-order valence-corrected chi connectivity index (χ1v) is 5.75. The van der Waals surface area contributed by atoms with Crippen LogP contribution in [0.2, 0.25) is 0 Å².